The van der Waals surface area contributed by atoms with Gasteiger partial charge in [0, 0.05) is 21.7 Å². The lowest BCUT2D eigenvalue weighted by molar-refractivity contribution is 1.08. The highest BCUT2D eigenvalue weighted by molar-refractivity contribution is 14.1. The van der Waals surface area contributed by atoms with Gasteiger partial charge in [-0.2, -0.15) is 0 Å². The summed E-state index contributed by atoms with van der Waals surface area (Å²) in [5.74, 6) is 0. The number of hydrogen-bond acceptors (Lipinski definition) is 0. The van der Waals surface area contributed by atoms with Crippen LogP contribution in [0.15, 0.2) is 48.8 Å². The topological polar surface area (TPSA) is 4.93 Å². The van der Waals surface area contributed by atoms with Gasteiger partial charge >= 0.3 is 0 Å². The molecule has 0 aliphatic heterocycles. The minimum Gasteiger partial charge on any atom is -0.324 e. The Morgan fingerprint density at radius 1 is 1.00 bits per heavy atom. The second kappa shape index (κ2) is 3.31. The van der Waals surface area contributed by atoms with Crippen molar-refractivity contribution in [1.82, 2.24) is 4.57 Å². The first-order valence-electron chi connectivity index (χ1n) is 3.75. The molecule has 0 radical (unpaired) electrons. The van der Waals surface area contributed by atoms with Crippen LogP contribution in [0.3, 0.4) is 0 Å². The number of nitrogens with zero attached hydrogens (tertiary/aromatic N) is 1. The third kappa shape index (κ3) is 1.53. The highest BCUT2D eigenvalue weighted by Gasteiger charge is 1.93. The summed E-state index contributed by atoms with van der Waals surface area (Å²) in [6, 6.07) is 12.5. The molecule has 2 aromatic rings. The Bertz CT molecular complexity index is 365. The van der Waals surface area contributed by atoms with Gasteiger partial charge in [-0.25, -0.2) is 0 Å². The molecule has 12 heavy (non-hydrogen) atoms. The van der Waals surface area contributed by atoms with Crippen LogP contribution >= 0.6 is 22.6 Å². The maximum Gasteiger partial charge on any atom is 0.0459 e. The Morgan fingerprint density at radius 3 is 2.42 bits per heavy atom. The standard InChI is InChI=1S/C10H8IN/c11-9-4-3-5-10(8-9)12-6-1-2-7-12/h1-8H. The van der Waals surface area contributed by atoms with Gasteiger partial charge in [0.1, 0.15) is 0 Å². The van der Waals surface area contributed by atoms with Crippen LogP contribution < -0.4 is 0 Å². The zero-order chi connectivity index (χ0) is 8.39. The summed E-state index contributed by atoms with van der Waals surface area (Å²) >= 11 is 2.32. The third-order valence-corrected chi connectivity index (χ3v) is 2.38. The molecule has 0 atom stereocenters. The number of hydrogen-bond donors (Lipinski definition) is 0. The van der Waals surface area contributed by atoms with Crippen molar-refractivity contribution in [3.05, 3.63) is 52.4 Å². The van der Waals surface area contributed by atoms with Crippen LogP contribution in [0.25, 0.3) is 5.69 Å². The molecule has 0 saturated heterocycles. The zero-order valence-corrected chi connectivity index (χ0v) is 8.60. The average Bonchev–Trinajstić information content (AvgIpc) is 2.56. The van der Waals surface area contributed by atoms with E-state index in [4.69, 9.17) is 0 Å². The summed E-state index contributed by atoms with van der Waals surface area (Å²) in [7, 11) is 0. The molecule has 0 amide bonds. The molecule has 0 saturated carbocycles. The van der Waals surface area contributed by atoms with Crippen molar-refractivity contribution in [3.8, 4) is 5.69 Å². The molecule has 0 unspecified atom stereocenters. The minimum atomic E-state index is 1.21. The summed E-state index contributed by atoms with van der Waals surface area (Å²) in [5.41, 5.74) is 1.21. The molecule has 0 aliphatic rings. The van der Waals surface area contributed by atoms with E-state index in [0.717, 1.165) is 0 Å². The smallest absolute Gasteiger partial charge is 0.0459 e. The first-order chi connectivity index (χ1) is 5.86. The van der Waals surface area contributed by atoms with E-state index in [1.807, 2.05) is 24.5 Å². The van der Waals surface area contributed by atoms with Crippen LogP contribution in [0.4, 0.5) is 0 Å². The second-order valence-electron chi connectivity index (χ2n) is 2.57. The molecule has 1 nitrogen and oxygen atoms in total. The van der Waals surface area contributed by atoms with E-state index in [9.17, 15) is 0 Å². The summed E-state index contributed by atoms with van der Waals surface area (Å²) in [6.45, 7) is 0. The first kappa shape index (κ1) is 7.86. The van der Waals surface area contributed by atoms with E-state index in [0.29, 0.717) is 0 Å². The number of halogens is 1. The molecule has 1 aromatic heterocycles. The number of aromatic nitrogens is 1. The Balaban J connectivity index is 2.48. The van der Waals surface area contributed by atoms with Crippen molar-refractivity contribution in [1.29, 1.82) is 0 Å². The molecule has 1 heterocycles. The van der Waals surface area contributed by atoms with E-state index in [1.54, 1.807) is 0 Å². The van der Waals surface area contributed by atoms with Crippen LogP contribution in [0.5, 0.6) is 0 Å². The molecular formula is C10H8IN. The zero-order valence-electron chi connectivity index (χ0n) is 6.44. The maximum atomic E-state index is 2.32. The predicted octanol–water partition coefficient (Wildman–Crippen LogP) is 3.08. The minimum absolute atomic E-state index is 1.21. The van der Waals surface area contributed by atoms with E-state index in [-0.39, 0.29) is 0 Å². The number of rotatable bonds is 1. The predicted molar refractivity (Wildman–Crippen MR) is 58.5 cm³/mol. The summed E-state index contributed by atoms with van der Waals surface area (Å²) in [6.07, 6.45) is 4.09. The van der Waals surface area contributed by atoms with Gasteiger partial charge < -0.3 is 4.57 Å². The normalized spacial score (nSPS) is 10.1. The molecule has 2 rings (SSSR count). The Labute approximate surface area is 85.2 Å². The quantitative estimate of drug-likeness (QED) is 0.701. The third-order valence-electron chi connectivity index (χ3n) is 1.71. The SMILES string of the molecule is Ic1cccc(-n2cccc2)c1. The van der Waals surface area contributed by atoms with Crippen LogP contribution in [-0.4, -0.2) is 4.57 Å². The van der Waals surface area contributed by atoms with Gasteiger partial charge in [-0.05, 0) is 52.9 Å². The van der Waals surface area contributed by atoms with Crippen LogP contribution in [-0.2, 0) is 0 Å². The average molecular weight is 269 g/mol. The lowest BCUT2D eigenvalue weighted by atomic mass is 10.3. The fourth-order valence-electron chi connectivity index (χ4n) is 1.14. The van der Waals surface area contributed by atoms with Gasteiger partial charge in [-0.1, -0.05) is 6.07 Å². The van der Waals surface area contributed by atoms with Gasteiger partial charge in [-0.15, -0.1) is 0 Å². The summed E-state index contributed by atoms with van der Waals surface area (Å²) < 4.78 is 3.36. The lowest BCUT2D eigenvalue weighted by Crippen LogP contribution is -1.88. The largest absolute Gasteiger partial charge is 0.324 e. The van der Waals surface area contributed by atoms with Crippen molar-refractivity contribution in [2.24, 2.45) is 0 Å². The lowest BCUT2D eigenvalue weighted by Gasteiger charge is -2.01. The molecule has 0 N–H and O–H groups in total. The highest BCUT2D eigenvalue weighted by atomic mass is 127. The maximum absolute atomic E-state index is 2.32. The Kier molecular flexibility index (Phi) is 2.17. The molecule has 0 fully saturated rings. The molecule has 60 valence electrons. The second-order valence-corrected chi connectivity index (χ2v) is 3.82. The highest BCUT2D eigenvalue weighted by Crippen LogP contribution is 2.11. The fourth-order valence-corrected chi connectivity index (χ4v) is 1.67. The van der Waals surface area contributed by atoms with Gasteiger partial charge in [0.25, 0.3) is 0 Å². The first-order valence-corrected chi connectivity index (χ1v) is 4.83. The molecule has 0 bridgehead atoms. The molecule has 0 spiro atoms. The van der Waals surface area contributed by atoms with E-state index < -0.39 is 0 Å². The van der Waals surface area contributed by atoms with Crippen molar-refractivity contribution in [2.45, 2.75) is 0 Å². The summed E-state index contributed by atoms with van der Waals surface area (Å²) in [4.78, 5) is 0. The van der Waals surface area contributed by atoms with Gasteiger partial charge in [0.05, 0.1) is 0 Å². The van der Waals surface area contributed by atoms with E-state index in [1.165, 1.54) is 9.26 Å². The number of benzene rings is 1. The fraction of sp³-hybridized carbons (Fsp3) is 0. The van der Waals surface area contributed by atoms with E-state index >= 15 is 0 Å². The molecule has 2 heteroatoms. The Morgan fingerprint density at radius 2 is 1.75 bits per heavy atom. The van der Waals surface area contributed by atoms with Crippen molar-refractivity contribution < 1.29 is 0 Å². The van der Waals surface area contributed by atoms with Gasteiger partial charge in [-0.3, -0.25) is 0 Å². The van der Waals surface area contributed by atoms with Crippen LogP contribution in [0.1, 0.15) is 0 Å². The molecular weight excluding hydrogens is 261 g/mol. The van der Waals surface area contributed by atoms with Gasteiger partial charge in [0.15, 0.2) is 0 Å². The van der Waals surface area contributed by atoms with E-state index in [2.05, 4.69) is 51.4 Å². The van der Waals surface area contributed by atoms with Crippen molar-refractivity contribution >= 4 is 22.6 Å². The van der Waals surface area contributed by atoms with Crippen LogP contribution in [0, 0.1) is 3.57 Å². The molecule has 0 aliphatic carbocycles. The van der Waals surface area contributed by atoms with Gasteiger partial charge in [0.2, 0.25) is 0 Å². The van der Waals surface area contributed by atoms with Crippen molar-refractivity contribution in [2.75, 3.05) is 0 Å². The molecule has 1 aromatic carbocycles. The monoisotopic (exact) mass is 269 g/mol. The van der Waals surface area contributed by atoms with Crippen LogP contribution in [0.2, 0.25) is 0 Å². The summed E-state index contributed by atoms with van der Waals surface area (Å²) in [5, 5.41) is 0. The Hall–Kier alpha value is -0.770. The van der Waals surface area contributed by atoms with Crippen molar-refractivity contribution in [3.63, 3.8) is 0 Å².